The van der Waals surface area contributed by atoms with Gasteiger partial charge in [0.05, 0.1) is 34.7 Å². The number of nitrogens with one attached hydrogen (secondary N) is 1. The van der Waals surface area contributed by atoms with Crippen molar-refractivity contribution < 1.29 is 45.4 Å². The summed E-state index contributed by atoms with van der Waals surface area (Å²) in [5, 5.41) is 6.36. The number of rotatable bonds is 10. The number of ether oxygens (including phenoxy) is 1. The number of aromatic nitrogens is 4. The average molecular weight is 667 g/mol. The van der Waals surface area contributed by atoms with Gasteiger partial charge in [0.15, 0.2) is 5.69 Å². The Hall–Kier alpha value is -4.67. The molecule has 0 bridgehead atoms. The lowest BCUT2D eigenvalue weighted by Gasteiger charge is -2.28. The maximum Gasteiger partial charge on any atom is 0.435 e. The van der Waals surface area contributed by atoms with Crippen LogP contribution in [0.2, 0.25) is 0 Å². The van der Waals surface area contributed by atoms with E-state index in [1.165, 1.54) is 36.2 Å². The minimum atomic E-state index is -4.69. The Bertz CT molecular complexity index is 1790. The van der Waals surface area contributed by atoms with E-state index < -0.39 is 46.0 Å². The second kappa shape index (κ2) is 12.6. The van der Waals surface area contributed by atoms with E-state index >= 15 is 0 Å². The summed E-state index contributed by atoms with van der Waals surface area (Å²) in [7, 11) is -4.32. The largest absolute Gasteiger partial charge is 0.435 e. The first kappa shape index (κ1) is 32.7. The molecule has 1 aliphatic heterocycles. The number of amides is 1. The predicted octanol–water partition coefficient (Wildman–Crippen LogP) is 3.89. The molecular formula is C29H33F3N6O7S. The van der Waals surface area contributed by atoms with Gasteiger partial charge in [0.2, 0.25) is 5.91 Å². The van der Waals surface area contributed by atoms with Crippen LogP contribution >= 0.6 is 0 Å². The van der Waals surface area contributed by atoms with Crippen LogP contribution < -0.4 is 14.6 Å². The fourth-order valence-electron chi connectivity index (χ4n) is 4.72. The second-order valence-corrected chi connectivity index (χ2v) is 12.9. The van der Waals surface area contributed by atoms with Crippen molar-refractivity contribution >= 4 is 21.9 Å². The Morgan fingerprint density at radius 2 is 1.74 bits per heavy atom. The summed E-state index contributed by atoms with van der Waals surface area (Å²) < 4.78 is 80.4. The molecule has 2 aromatic heterocycles. The predicted molar refractivity (Wildman–Crippen MR) is 156 cm³/mol. The third-order valence-corrected chi connectivity index (χ3v) is 8.60. The van der Waals surface area contributed by atoms with Crippen molar-refractivity contribution in [3.63, 3.8) is 0 Å². The molecule has 0 radical (unpaired) electrons. The minimum absolute atomic E-state index is 0.114. The van der Waals surface area contributed by atoms with Gasteiger partial charge in [-0.05, 0) is 50.1 Å². The number of hydrogen-bond acceptors (Lipinski definition) is 9. The standard InChI is InChI=1S/C29H33F3N6O7S/c1-18(2)28(40)43-20(4)44-38-37(45-38)35-15-5-6-22(17-35)27(39)34-46(41,42)24-13-11-23(12-14-24)36-25(16-26(33-36)29(30,31)32)21-9-7-19(3)8-10-21/h7-14,16,18,20,22H,5-6,15,17H2,1-4H3,(H,34,39). The number of hydrogen-bond donors (Lipinski definition) is 1. The van der Waals surface area contributed by atoms with Gasteiger partial charge < -0.3 is 9.57 Å². The second-order valence-electron chi connectivity index (χ2n) is 11.2. The third-order valence-electron chi connectivity index (χ3n) is 7.24. The summed E-state index contributed by atoms with van der Waals surface area (Å²) in [6.07, 6.45) is -4.67. The quantitative estimate of drug-likeness (QED) is 0.197. The molecule has 5 rings (SSSR count). The maximum atomic E-state index is 13.5. The van der Waals surface area contributed by atoms with Crippen LogP contribution in [0.3, 0.4) is 0 Å². The van der Waals surface area contributed by atoms with Crippen LogP contribution in [0.25, 0.3) is 16.9 Å². The molecule has 13 nitrogen and oxygen atoms in total. The highest BCUT2D eigenvalue weighted by atomic mass is 32.2. The molecule has 4 aromatic rings. The zero-order valence-electron chi connectivity index (χ0n) is 25.4. The van der Waals surface area contributed by atoms with Crippen LogP contribution in [0.5, 0.6) is 0 Å². The summed E-state index contributed by atoms with van der Waals surface area (Å²) in [5.41, 5.74) is 0.682. The van der Waals surface area contributed by atoms with Gasteiger partial charge >= 0.3 is 12.1 Å². The molecule has 46 heavy (non-hydrogen) atoms. The molecule has 0 aliphatic carbocycles. The molecule has 2 unspecified atom stereocenters. The average Bonchev–Trinajstić information content (AvgIpc) is 3.60. The van der Waals surface area contributed by atoms with Gasteiger partial charge in [-0.25, -0.2) is 17.8 Å². The van der Waals surface area contributed by atoms with Gasteiger partial charge in [0.1, 0.15) is 5.02 Å². The highest BCUT2D eigenvalue weighted by molar-refractivity contribution is 7.90. The van der Waals surface area contributed by atoms with Crippen LogP contribution in [0.15, 0.2) is 64.1 Å². The molecule has 17 heteroatoms. The number of alkyl halides is 3. The smallest absolute Gasteiger partial charge is 0.423 e. The Morgan fingerprint density at radius 1 is 1.07 bits per heavy atom. The van der Waals surface area contributed by atoms with Gasteiger partial charge in [-0.1, -0.05) is 43.7 Å². The zero-order valence-corrected chi connectivity index (χ0v) is 26.2. The van der Waals surface area contributed by atoms with Gasteiger partial charge in [0.25, 0.3) is 16.3 Å². The molecule has 248 valence electrons. The first-order valence-electron chi connectivity index (χ1n) is 14.4. The van der Waals surface area contributed by atoms with Crippen LogP contribution in [-0.2, 0) is 30.5 Å². The Morgan fingerprint density at radius 3 is 2.37 bits per heavy atom. The number of nitrogens with zero attached hydrogens (tertiary/aromatic N) is 5. The molecule has 2 atom stereocenters. The lowest BCUT2D eigenvalue weighted by Crippen LogP contribution is -2.48. The molecule has 3 heterocycles. The minimum Gasteiger partial charge on any atom is -0.423 e. The summed E-state index contributed by atoms with van der Waals surface area (Å²) in [6, 6.07) is 12.8. The maximum absolute atomic E-state index is 13.5. The van der Waals surface area contributed by atoms with Crippen LogP contribution in [0.4, 0.5) is 13.2 Å². The van der Waals surface area contributed by atoms with Crippen molar-refractivity contribution in [2.45, 2.75) is 57.9 Å². The summed E-state index contributed by atoms with van der Waals surface area (Å²) in [5.74, 6) is -2.24. The van der Waals surface area contributed by atoms with E-state index in [9.17, 15) is 31.2 Å². The van der Waals surface area contributed by atoms with Crippen molar-refractivity contribution in [3.05, 3.63) is 65.9 Å². The number of aryl methyl sites for hydroxylation is 1. The number of halogens is 3. The molecule has 0 spiro atoms. The summed E-state index contributed by atoms with van der Waals surface area (Å²) in [4.78, 5) is 31.1. The lowest BCUT2D eigenvalue weighted by molar-refractivity contribution is -0.184. The Labute approximate surface area is 262 Å². The van der Waals surface area contributed by atoms with Gasteiger partial charge in [-0.2, -0.15) is 22.9 Å². The van der Waals surface area contributed by atoms with E-state index in [0.717, 1.165) is 21.3 Å². The molecule has 1 aliphatic rings. The van der Waals surface area contributed by atoms with Gasteiger partial charge in [0, 0.05) is 24.0 Å². The Kier molecular flexibility index (Phi) is 8.97. The number of esters is 1. The number of benzene rings is 2. The zero-order chi connectivity index (χ0) is 33.4. The first-order valence-corrected chi connectivity index (χ1v) is 15.9. The molecule has 1 N–H and O–H groups in total. The van der Waals surface area contributed by atoms with Gasteiger partial charge in [-0.15, -0.1) is 0 Å². The molecule has 2 aromatic carbocycles. The molecular weight excluding hydrogens is 633 g/mol. The Balaban J connectivity index is 1.25. The van der Waals surface area contributed by atoms with E-state index in [0.29, 0.717) is 24.9 Å². The fraction of sp³-hybridized carbons (Fsp3) is 0.414. The van der Waals surface area contributed by atoms with Crippen molar-refractivity contribution in [1.29, 1.82) is 0 Å². The van der Waals surface area contributed by atoms with E-state index in [1.807, 2.05) is 6.92 Å². The highest BCUT2D eigenvalue weighted by Gasteiger charge is 2.36. The van der Waals surface area contributed by atoms with E-state index in [2.05, 4.69) is 9.82 Å². The molecule has 1 saturated heterocycles. The van der Waals surface area contributed by atoms with Crippen molar-refractivity contribution in [1.82, 2.24) is 24.5 Å². The van der Waals surface area contributed by atoms with Gasteiger partial charge in [-0.3, -0.25) is 14.6 Å². The van der Waals surface area contributed by atoms with Crippen LogP contribution in [0.1, 0.15) is 44.9 Å². The lowest BCUT2D eigenvalue weighted by atomic mass is 9.99. The first-order chi connectivity index (χ1) is 21.6. The van der Waals surface area contributed by atoms with Crippen molar-refractivity contribution in [2.24, 2.45) is 11.8 Å². The number of carbonyl (C=O) groups is 2. The molecule has 1 fully saturated rings. The fourth-order valence-corrected chi connectivity index (χ4v) is 5.77. The van der Waals surface area contributed by atoms with E-state index in [4.69, 9.17) is 14.2 Å². The van der Waals surface area contributed by atoms with Crippen LogP contribution in [-0.4, -0.2) is 59.4 Å². The number of carbonyl (C=O) groups excluding carboxylic acids is 2. The normalized spacial score (nSPS) is 16.4. The molecule has 0 saturated carbocycles. The van der Waals surface area contributed by atoms with Crippen LogP contribution in [0, 0.1) is 18.8 Å². The van der Waals surface area contributed by atoms with E-state index in [-0.39, 0.29) is 28.7 Å². The molecule has 1 amide bonds. The number of sulfonamides is 1. The summed E-state index contributed by atoms with van der Waals surface area (Å²) in [6.45, 7) is 7.34. The monoisotopic (exact) mass is 666 g/mol. The van der Waals surface area contributed by atoms with Crippen molar-refractivity contribution in [3.8, 4) is 16.9 Å². The topological polar surface area (TPSA) is 143 Å². The summed E-state index contributed by atoms with van der Waals surface area (Å²) >= 11 is 0. The van der Waals surface area contributed by atoms with Crippen molar-refractivity contribution in [2.75, 3.05) is 18.1 Å². The number of piperidine rings is 1. The van der Waals surface area contributed by atoms with E-state index in [1.54, 1.807) is 43.1 Å². The highest BCUT2D eigenvalue weighted by Crippen LogP contribution is 2.33. The third kappa shape index (κ3) is 7.41. The SMILES string of the molecule is Cc1ccc(-c2cc(C(F)(F)F)nn2-c2ccc(S(=O)(=O)NC(=O)C3CCCN(n4on4OC(C)OC(=O)C(C)C)C3)cc2)cc1.